The minimum Gasteiger partial charge on any atom is -0.493 e. The molecule has 0 unspecified atom stereocenters. The van der Waals surface area contributed by atoms with Crippen molar-refractivity contribution in [1.29, 1.82) is 0 Å². The number of halogens is 1. The highest BCUT2D eigenvalue weighted by molar-refractivity contribution is 7.98. The lowest BCUT2D eigenvalue weighted by Crippen LogP contribution is -2.15. The van der Waals surface area contributed by atoms with E-state index in [9.17, 15) is 15.0 Å². The van der Waals surface area contributed by atoms with Crippen molar-refractivity contribution in [3.8, 4) is 16.9 Å². The molecule has 3 N–H and O–H groups in total. The van der Waals surface area contributed by atoms with Gasteiger partial charge in [-0.3, -0.25) is 9.36 Å². The van der Waals surface area contributed by atoms with E-state index in [1.54, 1.807) is 28.1 Å². The second-order valence-corrected chi connectivity index (χ2v) is 13.6. The smallest absolute Gasteiger partial charge is 0.352 e. The molecule has 0 aliphatic carbocycles. The van der Waals surface area contributed by atoms with Crippen LogP contribution in [0.1, 0.15) is 59.1 Å². The van der Waals surface area contributed by atoms with Crippen LogP contribution in [-0.4, -0.2) is 53.5 Å². The lowest BCUT2D eigenvalue weighted by Gasteiger charge is -2.12. The van der Waals surface area contributed by atoms with Gasteiger partial charge in [0.25, 0.3) is 0 Å². The maximum Gasteiger partial charge on any atom is 0.352 e. The molecule has 0 spiro atoms. The molecule has 4 heterocycles. The molecule has 8 bridgehead atoms. The number of aromatic carboxylic acids is 1. The molecule has 0 atom stereocenters. The summed E-state index contributed by atoms with van der Waals surface area (Å²) in [6.45, 7) is 7.57. The zero-order valence-electron chi connectivity index (χ0n) is 29.1. The minimum absolute atomic E-state index is 0.0690. The Morgan fingerprint density at radius 1 is 1.04 bits per heavy atom. The largest absolute Gasteiger partial charge is 0.493 e. The minimum atomic E-state index is -0.999. The second-order valence-electron chi connectivity index (χ2n) is 12.1. The van der Waals surface area contributed by atoms with Crippen molar-refractivity contribution in [3.05, 3.63) is 93.7 Å². The number of ether oxygens (including phenoxy) is 1. The van der Waals surface area contributed by atoms with Crippen LogP contribution in [0.2, 0.25) is 5.02 Å². The fourth-order valence-corrected chi connectivity index (χ4v) is 8.11. The number of hydrogen-bond donors (Lipinski definition) is 3. The summed E-state index contributed by atoms with van der Waals surface area (Å²) < 4.78 is 11.9. The summed E-state index contributed by atoms with van der Waals surface area (Å²) in [6.07, 6.45) is 1.12. The average molecular weight is 715 g/mol. The van der Waals surface area contributed by atoms with Crippen LogP contribution >= 0.6 is 23.4 Å². The van der Waals surface area contributed by atoms with Gasteiger partial charge in [0.2, 0.25) is 0 Å². The Kier molecular flexibility index (Phi) is 10.9. The van der Waals surface area contributed by atoms with E-state index < -0.39 is 5.97 Å². The number of thioether (sulfide) groups is 1. The number of hydrogen-bond acceptors (Lipinski definition) is 7. The Morgan fingerprint density at radius 2 is 1.84 bits per heavy atom. The van der Waals surface area contributed by atoms with E-state index in [1.165, 1.54) is 0 Å². The Morgan fingerprint density at radius 3 is 2.62 bits per heavy atom. The van der Waals surface area contributed by atoms with Gasteiger partial charge in [-0.05, 0) is 55.0 Å². The van der Waals surface area contributed by atoms with Crippen LogP contribution in [-0.2, 0) is 45.9 Å². The number of aryl methyl sites for hydroxylation is 3. The maximum absolute atomic E-state index is 12.8. The van der Waals surface area contributed by atoms with Crippen molar-refractivity contribution in [2.45, 2.75) is 63.9 Å². The summed E-state index contributed by atoms with van der Waals surface area (Å²) in [6, 6.07) is 18.4. The Balaban J connectivity index is 0.00000212. The van der Waals surface area contributed by atoms with E-state index in [2.05, 4.69) is 35.6 Å². The third-order valence-corrected chi connectivity index (χ3v) is 10.4. The maximum atomic E-state index is 12.8. The monoisotopic (exact) mass is 714 g/mol. The van der Waals surface area contributed by atoms with Crippen LogP contribution in [0, 0.1) is 6.92 Å². The molecule has 0 radical (unpaired) electrons. The van der Waals surface area contributed by atoms with Gasteiger partial charge in [0.05, 0.1) is 41.7 Å². The number of carboxylic acid groups (broad SMARTS) is 1. The van der Waals surface area contributed by atoms with Crippen molar-refractivity contribution < 1.29 is 19.7 Å². The number of aliphatic hydroxyl groups excluding tert-OH is 1. The highest BCUT2D eigenvalue weighted by Gasteiger charge is 2.27. The number of carboxylic acids is 1. The first-order valence-electron chi connectivity index (χ1n) is 17.0. The number of benzene rings is 3. The summed E-state index contributed by atoms with van der Waals surface area (Å²) in [4.78, 5) is 13.9. The summed E-state index contributed by atoms with van der Waals surface area (Å²) in [5, 5.41) is 36.9. The van der Waals surface area contributed by atoms with E-state index in [4.69, 9.17) is 26.5 Å². The molecule has 3 aromatic heterocycles. The highest BCUT2D eigenvalue weighted by Crippen LogP contribution is 2.42. The lowest BCUT2D eigenvalue weighted by atomic mass is 9.98. The predicted octanol–water partition coefficient (Wildman–Crippen LogP) is 7.51. The summed E-state index contributed by atoms with van der Waals surface area (Å²) in [5.74, 6) is 0.554. The summed E-state index contributed by atoms with van der Waals surface area (Å²) in [7, 11) is 3.75. The highest BCUT2D eigenvalue weighted by atomic mass is 35.5. The third kappa shape index (κ3) is 6.75. The second kappa shape index (κ2) is 15.3. The van der Waals surface area contributed by atoms with Crippen LogP contribution in [0.3, 0.4) is 0 Å². The summed E-state index contributed by atoms with van der Waals surface area (Å²) in [5.41, 5.74) is 6.88. The quantitative estimate of drug-likeness (QED) is 0.172. The topological polar surface area (TPSA) is 119 Å². The van der Waals surface area contributed by atoms with Crippen LogP contribution < -0.4 is 10.1 Å². The van der Waals surface area contributed by atoms with Crippen LogP contribution in [0.25, 0.3) is 32.8 Å². The van der Waals surface area contributed by atoms with Gasteiger partial charge >= 0.3 is 5.97 Å². The van der Waals surface area contributed by atoms with Crippen molar-refractivity contribution >= 4 is 51.0 Å². The lowest BCUT2D eigenvalue weighted by molar-refractivity contribution is 0.0685. The number of aliphatic hydroxyl groups is 1. The standard InChI is InChI=1S/C36H37ClN6O4S.C2H6/c1-21-32-30(40-43(21)12-13-44)19-38-18-23-16-24(42(3)39-23)20-48-25-15-22-7-4-5-8-26(22)31(17-25)47-14-6-9-27-28-10-11-29(37)33(32)34(28)41(2)35(27)36(45)46;1-2/h4-5,7-8,10-11,15-17,38,44H,6,9,12-14,18-20H2,1-3H3,(H,45,46);1-2H3. The molecule has 0 amide bonds. The van der Waals surface area contributed by atoms with Crippen molar-refractivity contribution in [1.82, 2.24) is 29.4 Å². The molecule has 1 aliphatic heterocycles. The third-order valence-electron chi connectivity index (χ3n) is 9.09. The fourth-order valence-electron chi connectivity index (χ4n) is 6.88. The molecule has 0 fully saturated rings. The molecule has 0 saturated heterocycles. The van der Waals surface area contributed by atoms with Gasteiger partial charge < -0.3 is 24.8 Å². The van der Waals surface area contributed by atoms with E-state index in [-0.39, 0.29) is 12.3 Å². The molecule has 1 aliphatic rings. The molecule has 12 heteroatoms. The van der Waals surface area contributed by atoms with Crippen LogP contribution in [0.5, 0.6) is 5.75 Å². The molecule has 3 aromatic carbocycles. The number of fused-ring (bicyclic) bond motifs is 8. The van der Waals surface area contributed by atoms with E-state index in [1.807, 2.05) is 56.8 Å². The number of nitrogens with zero attached hydrogens (tertiary/aromatic N) is 5. The predicted molar refractivity (Wildman–Crippen MR) is 200 cm³/mol. The molecule has 50 heavy (non-hydrogen) atoms. The van der Waals surface area contributed by atoms with Gasteiger partial charge in [0.1, 0.15) is 11.4 Å². The average Bonchev–Trinajstić information content (AvgIpc) is 3.72. The van der Waals surface area contributed by atoms with E-state index in [0.717, 1.165) is 77.5 Å². The van der Waals surface area contributed by atoms with Crippen molar-refractivity contribution in [2.75, 3.05) is 13.2 Å². The number of aromatic nitrogens is 5. The van der Waals surface area contributed by atoms with Crippen LogP contribution in [0.15, 0.2) is 59.5 Å². The van der Waals surface area contributed by atoms with Gasteiger partial charge in [-0.2, -0.15) is 10.2 Å². The first-order chi connectivity index (χ1) is 24.2. The van der Waals surface area contributed by atoms with Crippen LogP contribution in [0.4, 0.5) is 0 Å². The molecule has 0 saturated carbocycles. The normalized spacial score (nSPS) is 13.7. The zero-order chi connectivity index (χ0) is 35.5. The first kappa shape index (κ1) is 35.5. The molecule has 7 rings (SSSR count). The van der Waals surface area contributed by atoms with Crippen molar-refractivity contribution in [3.63, 3.8) is 0 Å². The Bertz CT molecular complexity index is 2190. The van der Waals surface area contributed by atoms with Gasteiger partial charge in [-0.1, -0.05) is 55.8 Å². The fraction of sp³-hybridized carbons (Fsp3) is 0.342. The van der Waals surface area contributed by atoms with Gasteiger partial charge in [-0.25, -0.2) is 4.79 Å². The molecule has 6 aromatic rings. The first-order valence-corrected chi connectivity index (χ1v) is 18.3. The van der Waals surface area contributed by atoms with E-state index >= 15 is 0 Å². The van der Waals surface area contributed by atoms with Crippen molar-refractivity contribution in [2.24, 2.45) is 14.1 Å². The Labute approximate surface area is 301 Å². The van der Waals surface area contributed by atoms with Gasteiger partial charge in [0, 0.05) is 71.1 Å². The van der Waals surface area contributed by atoms with Gasteiger partial charge in [0.15, 0.2) is 0 Å². The number of nitrogens with one attached hydrogen (secondary N) is 1. The summed E-state index contributed by atoms with van der Waals surface area (Å²) >= 11 is 8.73. The molecular weight excluding hydrogens is 672 g/mol. The zero-order valence-corrected chi connectivity index (χ0v) is 30.7. The number of carbonyl (C=O) groups is 1. The van der Waals surface area contributed by atoms with Gasteiger partial charge in [-0.15, -0.1) is 11.8 Å². The molecular formula is C38H43ClN6O4S. The Hall–Kier alpha value is -4.29. The SMILES string of the molecule is CC.Cc1c2c(nn1CCO)CNCc1cc(n(C)n1)CSc1cc(c3ccccc3c1)OCCCc1c(C(=O)O)n(C)c3c-2c(Cl)ccc13. The molecule has 262 valence electrons. The number of rotatable bonds is 3. The molecule has 10 nitrogen and oxygen atoms in total. The van der Waals surface area contributed by atoms with E-state index in [0.29, 0.717) is 44.1 Å².